The molecule has 3 aromatic rings. The molecule has 31 heavy (non-hydrogen) atoms. The Labute approximate surface area is 179 Å². The van der Waals surface area contributed by atoms with Crippen molar-refractivity contribution in [2.75, 3.05) is 26.9 Å². The fourth-order valence-electron chi connectivity index (χ4n) is 3.12. The van der Waals surface area contributed by atoms with Crippen LogP contribution in [0.4, 0.5) is 0 Å². The number of hydrogen-bond donors (Lipinski definition) is 0. The van der Waals surface area contributed by atoms with Crippen LogP contribution in [0.3, 0.4) is 0 Å². The van der Waals surface area contributed by atoms with Gasteiger partial charge in [0.1, 0.15) is 17.9 Å². The van der Waals surface area contributed by atoms with Crippen LogP contribution in [0.1, 0.15) is 27.9 Å². The predicted molar refractivity (Wildman–Crippen MR) is 115 cm³/mol. The third kappa shape index (κ3) is 6.02. The number of fused-ring (bicyclic) bond motifs is 1. The molecule has 0 N–H and O–H groups in total. The summed E-state index contributed by atoms with van der Waals surface area (Å²) in [7, 11) is 1.53. The molecule has 0 amide bonds. The maximum absolute atomic E-state index is 12.4. The van der Waals surface area contributed by atoms with Crippen molar-refractivity contribution < 1.29 is 28.2 Å². The Morgan fingerprint density at radius 1 is 1.03 bits per heavy atom. The number of methoxy groups -OCH3 is 1. The van der Waals surface area contributed by atoms with Crippen molar-refractivity contribution in [1.29, 1.82) is 0 Å². The molecule has 2 aromatic carbocycles. The molecule has 0 saturated carbocycles. The minimum absolute atomic E-state index is 0.133. The van der Waals surface area contributed by atoms with Crippen LogP contribution in [-0.2, 0) is 20.7 Å². The topological polar surface area (TPSA) is 92.0 Å². The normalized spacial score (nSPS) is 10.8. The van der Waals surface area contributed by atoms with E-state index < -0.39 is 5.63 Å². The van der Waals surface area contributed by atoms with Crippen LogP contribution in [0.25, 0.3) is 11.0 Å². The van der Waals surface area contributed by atoms with Crippen molar-refractivity contribution >= 4 is 22.7 Å². The highest BCUT2D eigenvalue weighted by molar-refractivity contribution is 5.97. The lowest BCUT2D eigenvalue weighted by Gasteiger charge is -2.13. The molecule has 7 nitrogen and oxygen atoms in total. The Morgan fingerprint density at radius 2 is 1.81 bits per heavy atom. The van der Waals surface area contributed by atoms with Gasteiger partial charge in [-0.2, -0.15) is 0 Å². The molecule has 0 aliphatic heterocycles. The van der Waals surface area contributed by atoms with Crippen molar-refractivity contribution in [3.63, 3.8) is 0 Å². The van der Waals surface area contributed by atoms with Crippen LogP contribution >= 0.6 is 0 Å². The summed E-state index contributed by atoms with van der Waals surface area (Å²) < 4.78 is 21.1. The minimum atomic E-state index is -0.467. The summed E-state index contributed by atoms with van der Waals surface area (Å²) in [6.45, 7) is 2.14. The molecule has 162 valence electrons. The van der Waals surface area contributed by atoms with Crippen LogP contribution in [0.2, 0.25) is 0 Å². The monoisotopic (exact) mass is 424 g/mol. The van der Waals surface area contributed by atoms with Crippen LogP contribution in [0, 0.1) is 6.92 Å². The van der Waals surface area contributed by atoms with Gasteiger partial charge in [0.2, 0.25) is 0 Å². The van der Waals surface area contributed by atoms with Crippen molar-refractivity contribution in [3.8, 4) is 5.75 Å². The Morgan fingerprint density at radius 3 is 2.55 bits per heavy atom. The number of Topliss-reactive ketones (excluding diaryl/α,β-unsaturated/α-hetero) is 1. The molecule has 0 atom stereocenters. The first-order chi connectivity index (χ1) is 15.0. The van der Waals surface area contributed by atoms with Crippen molar-refractivity contribution in [2.45, 2.75) is 19.8 Å². The third-order valence-corrected chi connectivity index (χ3v) is 4.74. The van der Waals surface area contributed by atoms with Crippen LogP contribution in [-0.4, -0.2) is 38.7 Å². The smallest absolute Gasteiger partial charge is 0.336 e. The van der Waals surface area contributed by atoms with E-state index in [1.54, 1.807) is 30.3 Å². The van der Waals surface area contributed by atoms with Gasteiger partial charge in [-0.25, -0.2) is 4.79 Å². The van der Waals surface area contributed by atoms with E-state index in [1.807, 2.05) is 19.1 Å². The standard InChI is InChI=1S/C24H24O7/c1-16-12-24(27)31-22-14-21(30-15-20(25)17-6-4-3-5-7-17)18(13-19(16)22)8-9-23(26)29-11-10-28-2/h3-7,12-14H,8-11,15H2,1-2H3. The molecule has 0 aliphatic carbocycles. The van der Waals surface area contributed by atoms with Gasteiger partial charge in [0.15, 0.2) is 12.4 Å². The Kier molecular flexibility index (Phi) is 7.56. The number of benzene rings is 2. The zero-order valence-corrected chi connectivity index (χ0v) is 17.5. The molecule has 0 fully saturated rings. The molecule has 1 heterocycles. The van der Waals surface area contributed by atoms with Crippen molar-refractivity contribution in [1.82, 2.24) is 0 Å². The molecule has 0 spiro atoms. The number of rotatable bonds is 10. The maximum Gasteiger partial charge on any atom is 0.336 e. The quantitative estimate of drug-likeness (QED) is 0.213. The van der Waals surface area contributed by atoms with Gasteiger partial charge in [-0.3, -0.25) is 9.59 Å². The highest BCUT2D eigenvalue weighted by Crippen LogP contribution is 2.28. The molecule has 1 aromatic heterocycles. The highest BCUT2D eigenvalue weighted by Gasteiger charge is 2.15. The van der Waals surface area contributed by atoms with Crippen molar-refractivity contribution in [3.05, 3.63) is 75.6 Å². The largest absolute Gasteiger partial charge is 0.485 e. The van der Waals surface area contributed by atoms with E-state index in [0.717, 1.165) is 10.9 Å². The van der Waals surface area contributed by atoms with E-state index in [4.69, 9.17) is 18.6 Å². The number of ketones is 1. The number of ether oxygens (including phenoxy) is 3. The molecule has 0 aliphatic rings. The SMILES string of the molecule is COCCOC(=O)CCc1cc2c(C)cc(=O)oc2cc1OCC(=O)c1ccccc1. The molecular formula is C24H24O7. The molecule has 3 rings (SSSR count). The highest BCUT2D eigenvalue weighted by atomic mass is 16.6. The molecular weight excluding hydrogens is 400 g/mol. The minimum Gasteiger partial charge on any atom is -0.485 e. The maximum atomic E-state index is 12.4. The third-order valence-electron chi connectivity index (χ3n) is 4.74. The summed E-state index contributed by atoms with van der Waals surface area (Å²) in [6.07, 6.45) is 0.475. The second-order valence-corrected chi connectivity index (χ2v) is 7.00. The molecule has 7 heteroatoms. The van der Waals surface area contributed by atoms with E-state index >= 15 is 0 Å². The van der Waals surface area contributed by atoms with Gasteiger partial charge >= 0.3 is 11.6 Å². The first kappa shape index (κ1) is 22.2. The second kappa shape index (κ2) is 10.5. The first-order valence-corrected chi connectivity index (χ1v) is 9.91. The van der Waals surface area contributed by atoms with Gasteiger partial charge in [0, 0.05) is 36.6 Å². The lowest BCUT2D eigenvalue weighted by molar-refractivity contribution is -0.144. The molecule has 0 radical (unpaired) electrons. The zero-order chi connectivity index (χ0) is 22.2. The van der Waals surface area contributed by atoms with Crippen LogP contribution < -0.4 is 10.4 Å². The number of carbonyl (C=O) groups excluding carboxylic acids is 2. The predicted octanol–water partition coefficient (Wildman–Crippen LogP) is 3.49. The Bertz CT molecular complexity index is 1120. The zero-order valence-electron chi connectivity index (χ0n) is 17.5. The number of carbonyl (C=O) groups is 2. The number of aryl methyl sites for hydroxylation is 2. The Hall–Kier alpha value is -3.45. The van der Waals surface area contributed by atoms with Gasteiger partial charge in [-0.05, 0) is 30.5 Å². The number of esters is 1. The fourth-order valence-corrected chi connectivity index (χ4v) is 3.12. The van der Waals surface area contributed by atoms with Gasteiger partial charge in [0.25, 0.3) is 0 Å². The molecule has 0 bridgehead atoms. The van der Waals surface area contributed by atoms with E-state index in [0.29, 0.717) is 35.5 Å². The lowest BCUT2D eigenvalue weighted by Crippen LogP contribution is -2.13. The van der Waals surface area contributed by atoms with Crippen molar-refractivity contribution in [2.24, 2.45) is 0 Å². The van der Waals surface area contributed by atoms with Gasteiger partial charge < -0.3 is 18.6 Å². The molecule has 0 unspecified atom stereocenters. The Balaban J connectivity index is 1.82. The number of hydrogen-bond acceptors (Lipinski definition) is 7. The summed E-state index contributed by atoms with van der Waals surface area (Å²) in [5.41, 5.74) is 1.90. The summed E-state index contributed by atoms with van der Waals surface area (Å²) >= 11 is 0. The summed E-state index contributed by atoms with van der Waals surface area (Å²) in [6, 6.07) is 13.6. The molecule has 0 saturated heterocycles. The second-order valence-electron chi connectivity index (χ2n) is 7.00. The van der Waals surface area contributed by atoms with E-state index in [9.17, 15) is 14.4 Å². The van der Waals surface area contributed by atoms with Gasteiger partial charge in [-0.1, -0.05) is 30.3 Å². The lowest BCUT2D eigenvalue weighted by atomic mass is 10.0. The summed E-state index contributed by atoms with van der Waals surface area (Å²) in [4.78, 5) is 36.2. The summed E-state index contributed by atoms with van der Waals surface area (Å²) in [5.74, 6) is -0.161. The fraction of sp³-hybridized carbons (Fsp3) is 0.292. The van der Waals surface area contributed by atoms with Gasteiger partial charge in [-0.15, -0.1) is 0 Å². The van der Waals surface area contributed by atoms with Gasteiger partial charge in [0.05, 0.1) is 6.61 Å². The average Bonchev–Trinajstić information content (AvgIpc) is 2.76. The average molecular weight is 424 g/mol. The van der Waals surface area contributed by atoms with E-state index in [1.165, 1.54) is 13.2 Å². The van der Waals surface area contributed by atoms with Crippen LogP contribution in [0.15, 0.2) is 57.7 Å². The first-order valence-electron chi connectivity index (χ1n) is 9.91. The van der Waals surface area contributed by atoms with E-state index in [2.05, 4.69) is 0 Å². The summed E-state index contributed by atoms with van der Waals surface area (Å²) in [5, 5.41) is 0.740. The van der Waals surface area contributed by atoms with Crippen LogP contribution in [0.5, 0.6) is 5.75 Å². The van der Waals surface area contributed by atoms with E-state index in [-0.39, 0.29) is 31.4 Å².